The van der Waals surface area contributed by atoms with Crippen LogP contribution in [0.5, 0.6) is 5.75 Å². The molecular formula is C10H17O5P. The Balaban J connectivity index is 0.000000385. The summed E-state index contributed by atoms with van der Waals surface area (Å²) in [5.41, 5.74) is 1.06. The molecule has 6 heteroatoms. The van der Waals surface area contributed by atoms with Crippen molar-refractivity contribution in [2.45, 2.75) is 26.2 Å². The smallest absolute Gasteiger partial charge is 0.466 e. The van der Waals surface area contributed by atoms with E-state index in [1.165, 1.54) is 6.42 Å². The predicted octanol–water partition coefficient (Wildman–Crippen LogP) is 1.81. The summed E-state index contributed by atoms with van der Waals surface area (Å²) in [6, 6.07) is 7.53. The zero-order chi connectivity index (χ0) is 12.6. The van der Waals surface area contributed by atoms with Gasteiger partial charge in [-0.25, -0.2) is 4.57 Å². The number of para-hydroxylation sites is 1. The highest BCUT2D eigenvalue weighted by Gasteiger charge is 2.00. The number of rotatable bonds is 3. The Morgan fingerprint density at radius 2 is 1.69 bits per heavy atom. The molecule has 16 heavy (non-hydrogen) atoms. The Kier molecular flexibility index (Phi) is 7.01. The van der Waals surface area contributed by atoms with Crippen LogP contribution in [-0.4, -0.2) is 19.8 Å². The zero-order valence-corrected chi connectivity index (χ0v) is 9.97. The zero-order valence-electron chi connectivity index (χ0n) is 9.08. The predicted molar refractivity (Wildman–Crippen MR) is 61.0 cm³/mol. The molecule has 4 N–H and O–H groups in total. The number of aryl methyl sites for hydroxylation is 1. The fourth-order valence-corrected chi connectivity index (χ4v) is 1.09. The summed E-state index contributed by atoms with van der Waals surface area (Å²) in [5, 5.41) is 9.34. The van der Waals surface area contributed by atoms with Crippen LogP contribution in [0.3, 0.4) is 0 Å². The van der Waals surface area contributed by atoms with Gasteiger partial charge in [-0.2, -0.15) is 0 Å². The van der Waals surface area contributed by atoms with Crippen LogP contribution in [0.2, 0.25) is 0 Å². The summed E-state index contributed by atoms with van der Waals surface area (Å²) in [4.78, 5) is 21.6. The lowest BCUT2D eigenvalue weighted by atomic mass is 10.1. The molecule has 0 aliphatic carbocycles. The summed E-state index contributed by atoms with van der Waals surface area (Å²) in [6.45, 7) is 2.15. The number of benzene rings is 1. The van der Waals surface area contributed by atoms with Gasteiger partial charge in [0.15, 0.2) is 0 Å². The minimum Gasteiger partial charge on any atom is -0.508 e. The number of unbranched alkanes of at least 4 members (excludes halogenated alkanes) is 1. The Bertz CT molecular complexity index is 339. The van der Waals surface area contributed by atoms with Crippen molar-refractivity contribution in [3.05, 3.63) is 29.8 Å². The average molecular weight is 248 g/mol. The van der Waals surface area contributed by atoms with Gasteiger partial charge in [-0.3, -0.25) is 0 Å². The molecule has 0 heterocycles. The molecule has 1 aromatic rings. The normalized spacial score (nSPS) is 10.5. The molecule has 1 rings (SSSR count). The summed E-state index contributed by atoms with van der Waals surface area (Å²) in [6.07, 6.45) is 3.31. The van der Waals surface area contributed by atoms with Crippen molar-refractivity contribution in [1.29, 1.82) is 0 Å². The van der Waals surface area contributed by atoms with Crippen LogP contribution in [-0.2, 0) is 11.0 Å². The first-order valence-electron chi connectivity index (χ1n) is 4.89. The Hall–Kier alpha value is -0.870. The van der Waals surface area contributed by atoms with Gasteiger partial charge in [0.05, 0.1) is 0 Å². The van der Waals surface area contributed by atoms with E-state index in [0.29, 0.717) is 5.75 Å². The summed E-state index contributed by atoms with van der Waals surface area (Å²) >= 11 is 0. The number of hydrogen-bond acceptors (Lipinski definition) is 2. The van der Waals surface area contributed by atoms with E-state index in [0.717, 1.165) is 18.4 Å². The van der Waals surface area contributed by atoms with Crippen LogP contribution < -0.4 is 0 Å². The van der Waals surface area contributed by atoms with Gasteiger partial charge in [0.2, 0.25) is 0 Å². The van der Waals surface area contributed by atoms with E-state index < -0.39 is 7.82 Å². The van der Waals surface area contributed by atoms with Gasteiger partial charge in [0.25, 0.3) is 0 Å². The second-order valence-electron chi connectivity index (χ2n) is 3.25. The van der Waals surface area contributed by atoms with E-state index in [2.05, 4.69) is 6.92 Å². The van der Waals surface area contributed by atoms with Gasteiger partial charge >= 0.3 is 7.82 Å². The highest BCUT2D eigenvalue weighted by Crippen LogP contribution is 2.25. The number of phenolic OH excluding ortho intramolecular Hbond substituents is 1. The van der Waals surface area contributed by atoms with Crippen LogP contribution >= 0.6 is 7.82 Å². The molecule has 0 aliphatic rings. The lowest BCUT2D eigenvalue weighted by Crippen LogP contribution is -1.83. The van der Waals surface area contributed by atoms with Crippen molar-refractivity contribution < 1.29 is 24.4 Å². The molecule has 5 nitrogen and oxygen atoms in total. The summed E-state index contributed by atoms with van der Waals surface area (Å²) in [5.74, 6) is 0.431. The second-order valence-corrected chi connectivity index (χ2v) is 4.27. The first kappa shape index (κ1) is 15.1. The van der Waals surface area contributed by atoms with Crippen molar-refractivity contribution in [2.75, 3.05) is 0 Å². The van der Waals surface area contributed by atoms with Gasteiger partial charge in [-0.05, 0) is 24.5 Å². The third-order valence-corrected chi connectivity index (χ3v) is 1.79. The van der Waals surface area contributed by atoms with Gasteiger partial charge in [0, 0.05) is 0 Å². The van der Waals surface area contributed by atoms with Crippen LogP contribution in [0, 0.1) is 0 Å². The summed E-state index contributed by atoms with van der Waals surface area (Å²) in [7, 11) is -4.64. The molecule has 0 aromatic heterocycles. The van der Waals surface area contributed by atoms with Gasteiger partial charge in [0.1, 0.15) is 5.75 Å². The number of phenols is 1. The number of phosphoric acid groups is 1. The second kappa shape index (κ2) is 7.41. The van der Waals surface area contributed by atoms with E-state index in [4.69, 9.17) is 19.2 Å². The molecule has 0 saturated carbocycles. The van der Waals surface area contributed by atoms with E-state index in [1.54, 1.807) is 6.07 Å². The molecule has 1 aromatic carbocycles. The highest BCUT2D eigenvalue weighted by molar-refractivity contribution is 7.45. The molecule has 92 valence electrons. The van der Waals surface area contributed by atoms with Crippen molar-refractivity contribution in [1.82, 2.24) is 0 Å². The van der Waals surface area contributed by atoms with Crippen molar-refractivity contribution in [3.8, 4) is 5.75 Å². The topological polar surface area (TPSA) is 98.0 Å². The minimum absolute atomic E-state index is 0.431. The van der Waals surface area contributed by atoms with E-state index in [1.807, 2.05) is 18.2 Å². The third-order valence-electron chi connectivity index (χ3n) is 1.79. The third kappa shape index (κ3) is 9.68. The molecule has 0 amide bonds. The van der Waals surface area contributed by atoms with E-state index in [-0.39, 0.29) is 0 Å². The van der Waals surface area contributed by atoms with Gasteiger partial charge in [-0.1, -0.05) is 31.5 Å². The lowest BCUT2D eigenvalue weighted by molar-refractivity contribution is 0.275. The maximum absolute atomic E-state index is 9.34. The molecular weight excluding hydrogens is 231 g/mol. The lowest BCUT2D eigenvalue weighted by Gasteiger charge is -2.01. The molecule has 0 bridgehead atoms. The number of aromatic hydroxyl groups is 1. The molecule has 0 fully saturated rings. The average Bonchev–Trinajstić information content (AvgIpc) is 2.14. The Morgan fingerprint density at radius 3 is 2.12 bits per heavy atom. The molecule has 0 atom stereocenters. The SMILES string of the molecule is CCCCc1ccccc1O.O=P(O)(O)O. The molecule has 0 unspecified atom stereocenters. The highest BCUT2D eigenvalue weighted by atomic mass is 31.2. The number of hydrogen-bond donors (Lipinski definition) is 4. The van der Waals surface area contributed by atoms with Crippen molar-refractivity contribution in [3.63, 3.8) is 0 Å². The fourth-order valence-electron chi connectivity index (χ4n) is 1.09. The fraction of sp³-hybridized carbons (Fsp3) is 0.400. The van der Waals surface area contributed by atoms with Crippen LogP contribution in [0.15, 0.2) is 24.3 Å². The molecule has 0 saturated heterocycles. The van der Waals surface area contributed by atoms with Crippen LogP contribution in [0.25, 0.3) is 0 Å². The Labute approximate surface area is 94.6 Å². The van der Waals surface area contributed by atoms with Crippen LogP contribution in [0.1, 0.15) is 25.3 Å². The monoisotopic (exact) mass is 248 g/mol. The quantitative estimate of drug-likeness (QED) is 0.611. The summed E-state index contributed by atoms with van der Waals surface area (Å²) < 4.78 is 8.88. The standard InChI is InChI=1S/C10H14O.H3O4P/c1-2-3-6-9-7-4-5-8-10(9)11;1-5(2,3)4/h4-5,7-8,11H,2-3,6H2,1H3;(H3,1,2,3,4). The first-order chi connectivity index (χ1) is 7.34. The van der Waals surface area contributed by atoms with Gasteiger partial charge in [-0.15, -0.1) is 0 Å². The molecule has 0 aliphatic heterocycles. The minimum atomic E-state index is -4.64. The maximum atomic E-state index is 9.34. The largest absolute Gasteiger partial charge is 0.508 e. The van der Waals surface area contributed by atoms with E-state index >= 15 is 0 Å². The molecule has 0 spiro atoms. The van der Waals surface area contributed by atoms with Crippen LogP contribution in [0.4, 0.5) is 0 Å². The van der Waals surface area contributed by atoms with Crippen molar-refractivity contribution >= 4 is 7.82 Å². The van der Waals surface area contributed by atoms with Crippen molar-refractivity contribution in [2.24, 2.45) is 0 Å². The van der Waals surface area contributed by atoms with E-state index in [9.17, 15) is 5.11 Å². The van der Waals surface area contributed by atoms with Gasteiger partial charge < -0.3 is 19.8 Å². The first-order valence-corrected chi connectivity index (χ1v) is 6.46. The molecule has 0 radical (unpaired) electrons. The Morgan fingerprint density at radius 1 is 1.19 bits per heavy atom. The maximum Gasteiger partial charge on any atom is 0.466 e.